The van der Waals surface area contributed by atoms with Gasteiger partial charge in [-0.1, -0.05) is 105 Å². The molecule has 10 nitrogen and oxygen atoms in total. The minimum atomic E-state index is -1.14. The molecule has 0 aromatic heterocycles. The van der Waals surface area contributed by atoms with Gasteiger partial charge in [-0.2, -0.15) is 0 Å². The van der Waals surface area contributed by atoms with Crippen LogP contribution in [0, 0.1) is 5.92 Å². The SMILES string of the molecule is CC(C)COC(=O)/C=C/CNC(=O)CN1C(=O)[C@@H](COC(=O)Nc2cccc3ccccc23)N=C(c2ccccc2)c2ccccc21. The lowest BCUT2D eigenvalue weighted by atomic mass is 10.0. The predicted molar refractivity (Wildman–Crippen MR) is 182 cm³/mol. The van der Waals surface area contributed by atoms with Crippen molar-refractivity contribution >= 4 is 51.7 Å². The highest BCUT2D eigenvalue weighted by atomic mass is 16.5. The molecule has 47 heavy (non-hydrogen) atoms. The lowest BCUT2D eigenvalue weighted by Gasteiger charge is -2.24. The predicted octanol–water partition coefficient (Wildman–Crippen LogP) is 5.51. The molecule has 1 aliphatic rings. The van der Waals surface area contributed by atoms with Gasteiger partial charge in [0.1, 0.15) is 13.2 Å². The number of hydrogen-bond acceptors (Lipinski definition) is 7. The molecule has 1 atom stereocenters. The van der Waals surface area contributed by atoms with Gasteiger partial charge < -0.3 is 19.7 Å². The number of fused-ring (bicyclic) bond motifs is 2. The Hall–Kier alpha value is -5.77. The van der Waals surface area contributed by atoms with Crippen molar-refractivity contribution in [1.29, 1.82) is 0 Å². The highest BCUT2D eigenvalue weighted by Crippen LogP contribution is 2.29. The second-order valence-electron chi connectivity index (χ2n) is 11.3. The van der Waals surface area contributed by atoms with E-state index in [1.165, 1.54) is 17.1 Å². The average Bonchev–Trinajstić information content (AvgIpc) is 3.19. The molecule has 0 fully saturated rings. The molecule has 0 saturated carbocycles. The number of carbonyl (C=O) groups is 4. The summed E-state index contributed by atoms with van der Waals surface area (Å²) in [7, 11) is 0. The zero-order valence-electron chi connectivity index (χ0n) is 26.2. The van der Waals surface area contributed by atoms with Crippen LogP contribution in [-0.2, 0) is 23.9 Å². The van der Waals surface area contributed by atoms with Gasteiger partial charge in [0.25, 0.3) is 5.91 Å². The summed E-state index contributed by atoms with van der Waals surface area (Å²) in [6.07, 6.45) is 2.00. The molecular formula is C37H36N4O6. The number of hydrogen-bond donors (Lipinski definition) is 2. The number of amides is 3. The molecule has 5 rings (SSSR count). The molecule has 0 aliphatic carbocycles. The van der Waals surface area contributed by atoms with Crippen molar-refractivity contribution in [3.05, 3.63) is 120 Å². The number of ether oxygens (including phenoxy) is 2. The van der Waals surface area contributed by atoms with Crippen LogP contribution in [0.3, 0.4) is 0 Å². The number of aliphatic imine (C=N–C) groups is 1. The van der Waals surface area contributed by atoms with Gasteiger partial charge in [-0.05, 0) is 23.4 Å². The number of esters is 1. The van der Waals surface area contributed by atoms with Gasteiger partial charge in [-0.15, -0.1) is 0 Å². The molecule has 0 unspecified atom stereocenters. The number of para-hydroxylation sites is 1. The van der Waals surface area contributed by atoms with Crippen molar-refractivity contribution in [1.82, 2.24) is 5.32 Å². The Morgan fingerprint density at radius 2 is 1.62 bits per heavy atom. The first-order chi connectivity index (χ1) is 22.8. The standard InChI is InChI=1S/C37H36N4O6/c1-25(2)23-46-34(43)20-11-21-38-33(42)22-41-32-19-9-8-17-29(32)35(27-13-4-3-5-14-27)39-31(36(41)44)24-47-37(45)40-30-18-10-15-26-12-6-7-16-28(26)30/h3-20,25,31H,21-24H2,1-2H3,(H,38,42)(H,40,45)/b20-11+/t31-/m1/s1. The second-order valence-corrected chi connectivity index (χ2v) is 11.3. The van der Waals surface area contributed by atoms with Gasteiger partial charge in [0.15, 0.2) is 6.04 Å². The molecule has 240 valence electrons. The van der Waals surface area contributed by atoms with Crippen molar-refractivity contribution in [3.63, 3.8) is 0 Å². The Bertz CT molecular complexity index is 1810. The topological polar surface area (TPSA) is 126 Å². The van der Waals surface area contributed by atoms with E-state index in [1.54, 1.807) is 18.2 Å². The maximum atomic E-state index is 14.1. The van der Waals surface area contributed by atoms with Crippen LogP contribution in [0.4, 0.5) is 16.2 Å². The van der Waals surface area contributed by atoms with E-state index >= 15 is 0 Å². The van der Waals surface area contributed by atoms with E-state index in [2.05, 4.69) is 10.6 Å². The highest BCUT2D eigenvalue weighted by Gasteiger charge is 2.34. The van der Waals surface area contributed by atoms with E-state index in [-0.39, 0.29) is 25.6 Å². The van der Waals surface area contributed by atoms with Crippen LogP contribution in [0.15, 0.2) is 114 Å². The fourth-order valence-corrected chi connectivity index (χ4v) is 5.05. The van der Waals surface area contributed by atoms with Crippen LogP contribution in [0.2, 0.25) is 0 Å². The summed E-state index contributed by atoms with van der Waals surface area (Å²) in [5.74, 6) is -1.25. The normalized spacial score (nSPS) is 14.4. The third kappa shape index (κ3) is 8.49. The van der Waals surface area contributed by atoms with E-state index in [9.17, 15) is 19.2 Å². The van der Waals surface area contributed by atoms with E-state index < -0.39 is 29.9 Å². The monoisotopic (exact) mass is 632 g/mol. The van der Waals surface area contributed by atoms with Crippen LogP contribution >= 0.6 is 0 Å². The molecule has 4 aromatic carbocycles. The summed E-state index contributed by atoms with van der Waals surface area (Å²) in [6.45, 7) is 3.55. The van der Waals surface area contributed by atoms with Gasteiger partial charge in [0.05, 0.1) is 23.7 Å². The summed E-state index contributed by atoms with van der Waals surface area (Å²) in [4.78, 5) is 58.1. The van der Waals surface area contributed by atoms with Crippen molar-refractivity contribution in [3.8, 4) is 0 Å². The lowest BCUT2D eigenvalue weighted by molar-refractivity contribution is -0.138. The third-order valence-corrected chi connectivity index (χ3v) is 7.26. The first-order valence-corrected chi connectivity index (χ1v) is 15.4. The van der Waals surface area contributed by atoms with Crippen LogP contribution in [0.5, 0.6) is 0 Å². The smallest absolute Gasteiger partial charge is 0.411 e. The number of carbonyl (C=O) groups excluding carboxylic acids is 4. The minimum Gasteiger partial charge on any atom is -0.462 e. The number of rotatable bonds is 11. The van der Waals surface area contributed by atoms with Crippen LogP contribution in [0.1, 0.15) is 25.0 Å². The molecule has 0 saturated heterocycles. The van der Waals surface area contributed by atoms with E-state index in [0.29, 0.717) is 29.3 Å². The second kappa shape index (κ2) is 15.5. The molecule has 0 bridgehead atoms. The van der Waals surface area contributed by atoms with Crippen molar-refractivity contribution in [2.24, 2.45) is 10.9 Å². The number of benzodiazepines with no additional fused rings is 1. The Kier molecular flexibility index (Phi) is 10.7. The first kappa shape index (κ1) is 32.6. The molecule has 1 heterocycles. The third-order valence-electron chi connectivity index (χ3n) is 7.26. The van der Waals surface area contributed by atoms with E-state index in [1.807, 2.05) is 92.7 Å². The zero-order valence-corrected chi connectivity index (χ0v) is 26.2. The number of anilines is 2. The first-order valence-electron chi connectivity index (χ1n) is 15.4. The highest BCUT2D eigenvalue weighted by molar-refractivity contribution is 6.20. The molecule has 1 aliphatic heterocycles. The van der Waals surface area contributed by atoms with Crippen molar-refractivity contribution < 1.29 is 28.7 Å². The average molecular weight is 633 g/mol. The maximum absolute atomic E-state index is 14.1. The van der Waals surface area contributed by atoms with E-state index in [4.69, 9.17) is 14.5 Å². The quantitative estimate of drug-likeness (QED) is 0.166. The Morgan fingerprint density at radius 1 is 0.894 bits per heavy atom. The van der Waals surface area contributed by atoms with Gasteiger partial charge in [0, 0.05) is 29.1 Å². The lowest BCUT2D eigenvalue weighted by Crippen LogP contribution is -2.46. The molecule has 4 aromatic rings. The van der Waals surface area contributed by atoms with Gasteiger partial charge in [-0.3, -0.25) is 19.9 Å². The molecule has 3 amide bonds. The van der Waals surface area contributed by atoms with Crippen LogP contribution in [0.25, 0.3) is 10.8 Å². The Labute approximate surface area is 273 Å². The fraction of sp³-hybridized carbons (Fsp3) is 0.216. The summed E-state index contributed by atoms with van der Waals surface area (Å²) in [5, 5.41) is 7.28. The summed E-state index contributed by atoms with van der Waals surface area (Å²) < 4.78 is 10.7. The number of nitrogens with zero attached hydrogens (tertiary/aromatic N) is 2. The molecule has 0 spiro atoms. The van der Waals surface area contributed by atoms with E-state index in [0.717, 1.165) is 16.3 Å². The van der Waals surface area contributed by atoms with Gasteiger partial charge >= 0.3 is 12.1 Å². The Morgan fingerprint density at radius 3 is 2.43 bits per heavy atom. The van der Waals surface area contributed by atoms with Crippen molar-refractivity contribution in [2.45, 2.75) is 19.9 Å². The summed E-state index contributed by atoms with van der Waals surface area (Å²) in [6, 6.07) is 28.6. The van der Waals surface area contributed by atoms with Crippen molar-refractivity contribution in [2.75, 3.05) is 36.5 Å². The largest absolute Gasteiger partial charge is 0.462 e. The van der Waals surface area contributed by atoms with Gasteiger partial charge in [-0.25, -0.2) is 9.59 Å². The zero-order chi connectivity index (χ0) is 33.2. The number of benzene rings is 4. The Balaban J connectivity index is 1.35. The van der Waals surface area contributed by atoms with Gasteiger partial charge in [0.2, 0.25) is 5.91 Å². The molecule has 2 N–H and O–H groups in total. The fourth-order valence-electron chi connectivity index (χ4n) is 5.05. The number of nitrogens with one attached hydrogen (secondary N) is 2. The van der Waals surface area contributed by atoms with Crippen LogP contribution in [-0.4, -0.2) is 61.9 Å². The summed E-state index contributed by atoms with van der Waals surface area (Å²) in [5.41, 5.74) is 3.00. The minimum absolute atomic E-state index is 0.0614. The molecule has 10 heteroatoms. The molecule has 0 radical (unpaired) electrons. The van der Waals surface area contributed by atoms with Crippen LogP contribution < -0.4 is 15.5 Å². The maximum Gasteiger partial charge on any atom is 0.411 e. The summed E-state index contributed by atoms with van der Waals surface area (Å²) >= 11 is 0. The molecular weight excluding hydrogens is 596 g/mol.